The van der Waals surface area contributed by atoms with E-state index in [2.05, 4.69) is 4.72 Å². The molecule has 2 rings (SSSR count). The molecule has 1 aliphatic rings. The fraction of sp³-hybridized carbons (Fsp3) is 0.625. The van der Waals surface area contributed by atoms with Crippen LogP contribution in [0.2, 0.25) is 0 Å². The minimum atomic E-state index is -3.82. The molecular weight excluding hydrogens is 367 g/mol. The predicted molar refractivity (Wildman–Crippen MR) is 94.7 cm³/mol. The lowest BCUT2D eigenvalue weighted by Crippen LogP contribution is -2.45. The van der Waals surface area contributed by atoms with Crippen LogP contribution in [0.25, 0.3) is 0 Å². The number of hydrogen-bond acceptors (Lipinski definition) is 4. The molecule has 6 nitrogen and oxygen atoms in total. The van der Waals surface area contributed by atoms with E-state index in [1.807, 2.05) is 0 Å². The molecule has 0 amide bonds. The lowest BCUT2D eigenvalue weighted by Gasteiger charge is -2.32. The maximum atomic E-state index is 13.1. The van der Waals surface area contributed by atoms with Gasteiger partial charge in [-0.25, -0.2) is 25.9 Å². The van der Waals surface area contributed by atoms with Gasteiger partial charge in [0.1, 0.15) is 5.82 Å². The second-order valence-corrected chi connectivity index (χ2v) is 10.1. The van der Waals surface area contributed by atoms with E-state index in [1.165, 1.54) is 17.3 Å². The first-order chi connectivity index (χ1) is 11.6. The van der Waals surface area contributed by atoms with Gasteiger partial charge in [-0.15, -0.1) is 0 Å². The van der Waals surface area contributed by atoms with Crippen LogP contribution in [0.4, 0.5) is 4.39 Å². The van der Waals surface area contributed by atoms with Crippen LogP contribution in [0.5, 0.6) is 0 Å². The maximum absolute atomic E-state index is 13.1. The van der Waals surface area contributed by atoms with Crippen LogP contribution in [-0.2, 0) is 20.0 Å². The van der Waals surface area contributed by atoms with Crippen LogP contribution < -0.4 is 4.72 Å². The molecule has 1 aromatic carbocycles. The summed E-state index contributed by atoms with van der Waals surface area (Å²) in [5.74, 6) is -0.503. The normalized spacial score (nSPS) is 17.1. The van der Waals surface area contributed by atoms with Crippen molar-refractivity contribution in [3.05, 3.63) is 29.6 Å². The Hall–Kier alpha value is -1.03. The quantitative estimate of drug-likeness (QED) is 0.769. The summed E-state index contributed by atoms with van der Waals surface area (Å²) in [4.78, 5) is -0.00234. The Morgan fingerprint density at radius 1 is 1.16 bits per heavy atom. The van der Waals surface area contributed by atoms with Crippen LogP contribution >= 0.6 is 0 Å². The van der Waals surface area contributed by atoms with Gasteiger partial charge in [0.25, 0.3) is 0 Å². The Kier molecular flexibility index (Phi) is 6.58. The lowest BCUT2D eigenvalue weighted by atomic mass is 9.95. The molecule has 0 aromatic heterocycles. The topological polar surface area (TPSA) is 83.6 Å². The minimum Gasteiger partial charge on any atom is -0.212 e. The second kappa shape index (κ2) is 8.11. The van der Waals surface area contributed by atoms with Crippen molar-refractivity contribution in [1.82, 2.24) is 9.03 Å². The van der Waals surface area contributed by atoms with Crippen LogP contribution in [0.15, 0.2) is 23.1 Å². The molecular formula is C16H25FN2O4S2. The summed E-state index contributed by atoms with van der Waals surface area (Å²) < 4.78 is 65.8. The fourth-order valence-corrected chi connectivity index (χ4v) is 5.69. The molecule has 0 saturated heterocycles. The number of nitrogens with one attached hydrogen (secondary N) is 1. The molecule has 1 N–H and O–H groups in total. The molecule has 9 heteroatoms. The van der Waals surface area contributed by atoms with Crippen molar-refractivity contribution < 1.29 is 21.2 Å². The highest BCUT2D eigenvalue weighted by Crippen LogP contribution is 2.24. The average molecular weight is 393 g/mol. The van der Waals surface area contributed by atoms with Gasteiger partial charge in [-0.3, -0.25) is 0 Å². The maximum Gasteiger partial charge on any atom is 0.240 e. The summed E-state index contributed by atoms with van der Waals surface area (Å²) >= 11 is 0. The summed E-state index contributed by atoms with van der Waals surface area (Å²) in [6, 6.07) is 3.38. The van der Waals surface area contributed by atoms with Crippen LogP contribution in [0, 0.1) is 12.7 Å². The average Bonchev–Trinajstić information content (AvgIpc) is 2.50. The molecule has 0 radical (unpaired) electrons. The van der Waals surface area contributed by atoms with Crippen molar-refractivity contribution in [2.24, 2.45) is 0 Å². The van der Waals surface area contributed by atoms with Crippen molar-refractivity contribution in [1.29, 1.82) is 0 Å². The Labute approximate surface area is 149 Å². The minimum absolute atomic E-state index is 0.00234. The molecule has 1 saturated carbocycles. The number of hydrogen-bond donors (Lipinski definition) is 1. The highest BCUT2D eigenvalue weighted by atomic mass is 32.2. The van der Waals surface area contributed by atoms with E-state index in [-0.39, 0.29) is 24.0 Å². The number of aryl methyl sites for hydroxylation is 1. The summed E-state index contributed by atoms with van der Waals surface area (Å²) in [5, 5.41) is 0. The second-order valence-electron chi connectivity index (χ2n) is 6.47. The molecule has 0 aliphatic heterocycles. The smallest absolute Gasteiger partial charge is 0.212 e. The van der Waals surface area contributed by atoms with Crippen molar-refractivity contribution in [2.45, 2.75) is 50.0 Å². The monoisotopic (exact) mass is 392 g/mol. The lowest BCUT2D eigenvalue weighted by molar-refractivity contribution is 0.257. The molecule has 0 spiro atoms. The number of sulfonamides is 2. The van der Waals surface area contributed by atoms with E-state index in [0.717, 1.165) is 50.5 Å². The Morgan fingerprint density at radius 2 is 1.80 bits per heavy atom. The van der Waals surface area contributed by atoms with Gasteiger partial charge < -0.3 is 0 Å². The number of halogens is 1. The summed E-state index contributed by atoms with van der Waals surface area (Å²) in [6.45, 7) is 1.58. The molecule has 0 bridgehead atoms. The van der Waals surface area contributed by atoms with Crippen molar-refractivity contribution in [2.75, 3.05) is 19.3 Å². The summed E-state index contributed by atoms with van der Waals surface area (Å²) in [5.41, 5.74) is 0.305. The zero-order chi connectivity index (χ0) is 18.7. The van der Waals surface area contributed by atoms with Crippen LogP contribution in [-0.4, -0.2) is 46.5 Å². The van der Waals surface area contributed by atoms with Crippen LogP contribution in [0.1, 0.15) is 37.7 Å². The van der Waals surface area contributed by atoms with Gasteiger partial charge in [-0.05, 0) is 43.5 Å². The van der Waals surface area contributed by atoms with E-state index in [1.54, 1.807) is 0 Å². The first-order valence-electron chi connectivity index (χ1n) is 8.34. The van der Waals surface area contributed by atoms with Gasteiger partial charge >= 0.3 is 0 Å². The summed E-state index contributed by atoms with van der Waals surface area (Å²) in [6.07, 6.45) is 5.83. The highest BCUT2D eigenvalue weighted by Gasteiger charge is 2.28. The Bertz CT molecular complexity index is 803. The molecule has 142 valence electrons. The number of nitrogens with zero attached hydrogens (tertiary/aromatic N) is 1. The largest absolute Gasteiger partial charge is 0.240 e. The molecule has 1 fully saturated rings. The van der Waals surface area contributed by atoms with Gasteiger partial charge in [0.15, 0.2) is 0 Å². The predicted octanol–water partition coefficient (Wildman–Crippen LogP) is 2.01. The standard InChI is InChI=1S/C16H25FN2O4S2/c1-13-12-14(17)8-9-16(13)25(22,23)18-10-11-19(24(2,20)21)15-6-4-3-5-7-15/h8-9,12,15,18H,3-7,10-11H2,1-2H3. The molecule has 1 aromatic rings. The molecule has 0 atom stereocenters. The zero-order valence-corrected chi connectivity index (χ0v) is 16.2. The van der Waals surface area contributed by atoms with Crippen molar-refractivity contribution >= 4 is 20.0 Å². The third kappa shape index (κ3) is 5.47. The fourth-order valence-electron chi connectivity index (χ4n) is 3.27. The first kappa shape index (κ1) is 20.3. The third-order valence-corrected chi connectivity index (χ3v) is 7.41. The van der Waals surface area contributed by atoms with Crippen molar-refractivity contribution in [3.8, 4) is 0 Å². The van der Waals surface area contributed by atoms with E-state index < -0.39 is 25.9 Å². The van der Waals surface area contributed by atoms with Gasteiger partial charge in [0.05, 0.1) is 11.2 Å². The highest BCUT2D eigenvalue weighted by molar-refractivity contribution is 7.89. The van der Waals surface area contributed by atoms with E-state index in [0.29, 0.717) is 5.56 Å². The first-order valence-corrected chi connectivity index (χ1v) is 11.7. The van der Waals surface area contributed by atoms with Gasteiger partial charge in [-0.2, -0.15) is 4.31 Å². The SMILES string of the molecule is Cc1cc(F)ccc1S(=O)(=O)NCCN(C1CCCCC1)S(C)(=O)=O. The number of benzene rings is 1. The Balaban J connectivity index is 2.05. The molecule has 25 heavy (non-hydrogen) atoms. The zero-order valence-electron chi connectivity index (χ0n) is 14.5. The van der Waals surface area contributed by atoms with Crippen LogP contribution in [0.3, 0.4) is 0 Å². The summed E-state index contributed by atoms with van der Waals surface area (Å²) in [7, 11) is -7.23. The molecule has 1 aliphatic carbocycles. The van der Waals surface area contributed by atoms with E-state index in [9.17, 15) is 21.2 Å². The van der Waals surface area contributed by atoms with Gasteiger partial charge in [0, 0.05) is 19.1 Å². The molecule has 0 unspecified atom stereocenters. The van der Waals surface area contributed by atoms with Gasteiger partial charge in [-0.1, -0.05) is 19.3 Å². The van der Waals surface area contributed by atoms with Crippen molar-refractivity contribution in [3.63, 3.8) is 0 Å². The molecule has 0 heterocycles. The van der Waals surface area contributed by atoms with E-state index >= 15 is 0 Å². The number of rotatable bonds is 7. The third-order valence-electron chi connectivity index (χ3n) is 4.46. The Morgan fingerprint density at radius 3 is 2.36 bits per heavy atom. The van der Waals surface area contributed by atoms with Gasteiger partial charge in [0.2, 0.25) is 20.0 Å². The van der Waals surface area contributed by atoms with E-state index in [4.69, 9.17) is 0 Å².